The summed E-state index contributed by atoms with van der Waals surface area (Å²) in [7, 11) is 0. The zero-order valence-corrected chi connectivity index (χ0v) is 12.6. The van der Waals surface area contributed by atoms with Gasteiger partial charge in [0.05, 0.1) is 5.84 Å². The number of hydrogen-bond donors (Lipinski definition) is 3. The predicted octanol–water partition coefficient (Wildman–Crippen LogP) is 1.66. The average molecular weight is 287 g/mol. The van der Waals surface area contributed by atoms with E-state index in [2.05, 4.69) is 0 Å². The lowest BCUT2D eigenvalue weighted by Crippen LogP contribution is -2.45. The number of carbonyl (C=O) groups is 2. The highest BCUT2D eigenvalue weighted by Crippen LogP contribution is 2.18. The van der Waals surface area contributed by atoms with E-state index in [9.17, 15) is 4.79 Å². The number of ether oxygens (including phenoxy) is 1. The van der Waals surface area contributed by atoms with Gasteiger partial charge in [0.25, 0.3) is 5.97 Å². The van der Waals surface area contributed by atoms with Gasteiger partial charge in [-0.25, -0.2) is 4.79 Å². The summed E-state index contributed by atoms with van der Waals surface area (Å²) >= 11 is 0. The Hall–Kier alpha value is -1.79. The van der Waals surface area contributed by atoms with E-state index >= 15 is 0 Å². The molecule has 1 amide bonds. The number of likely N-dealkylation sites (tertiary alicyclic amines) is 1. The van der Waals surface area contributed by atoms with Crippen molar-refractivity contribution in [3.63, 3.8) is 0 Å². The lowest BCUT2D eigenvalue weighted by molar-refractivity contribution is -0.134. The van der Waals surface area contributed by atoms with E-state index in [1.807, 2.05) is 20.8 Å². The number of amidine groups is 1. The second-order valence-corrected chi connectivity index (χ2v) is 5.74. The third-order valence-corrected chi connectivity index (χ3v) is 2.51. The van der Waals surface area contributed by atoms with E-state index in [4.69, 9.17) is 25.8 Å². The number of nitrogens with two attached hydrogens (primary N) is 1. The minimum absolute atomic E-state index is 0.0127. The highest BCUT2D eigenvalue weighted by Gasteiger charge is 2.28. The molecule has 4 N–H and O–H groups in total. The van der Waals surface area contributed by atoms with Gasteiger partial charge in [0.1, 0.15) is 5.60 Å². The molecule has 0 aliphatic carbocycles. The number of aliphatic carboxylic acids is 1. The Bertz CT molecular complexity index is 359. The van der Waals surface area contributed by atoms with Crippen LogP contribution in [0.3, 0.4) is 0 Å². The Kier molecular flexibility index (Phi) is 7.02. The fourth-order valence-corrected chi connectivity index (χ4v) is 1.72. The Balaban J connectivity index is 0.000000796. The van der Waals surface area contributed by atoms with Crippen molar-refractivity contribution in [2.24, 2.45) is 11.7 Å². The van der Waals surface area contributed by atoms with Crippen molar-refractivity contribution in [2.45, 2.75) is 46.1 Å². The molecule has 1 atom stereocenters. The summed E-state index contributed by atoms with van der Waals surface area (Å²) in [5.74, 6) is -0.686. The number of nitrogens with one attached hydrogen (secondary N) is 1. The van der Waals surface area contributed by atoms with Gasteiger partial charge in [-0.05, 0) is 33.6 Å². The normalized spacial score (nSPS) is 18.6. The third-order valence-electron chi connectivity index (χ3n) is 2.51. The SMILES string of the molecule is CC(=O)O.CC(C)(C)OC(=O)N1CCCC(C(=N)N)C1. The van der Waals surface area contributed by atoms with Crippen molar-refractivity contribution in [3.05, 3.63) is 0 Å². The van der Waals surface area contributed by atoms with Crippen molar-refractivity contribution in [3.8, 4) is 0 Å². The van der Waals surface area contributed by atoms with E-state index in [1.54, 1.807) is 4.90 Å². The maximum absolute atomic E-state index is 11.8. The number of hydrogen-bond acceptors (Lipinski definition) is 4. The van der Waals surface area contributed by atoms with E-state index in [1.165, 1.54) is 0 Å². The van der Waals surface area contributed by atoms with Crippen LogP contribution >= 0.6 is 0 Å². The number of carboxylic acid groups (broad SMARTS) is 1. The monoisotopic (exact) mass is 287 g/mol. The zero-order chi connectivity index (χ0) is 15.9. The van der Waals surface area contributed by atoms with Crippen LogP contribution in [0.1, 0.15) is 40.5 Å². The summed E-state index contributed by atoms with van der Waals surface area (Å²) in [5, 5.41) is 14.8. The molecule has 0 radical (unpaired) electrons. The largest absolute Gasteiger partial charge is 0.481 e. The van der Waals surface area contributed by atoms with Crippen LogP contribution in [0.4, 0.5) is 4.79 Å². The van der Waals surface area contributed by atoms with E-state index in [-0.39, 0.29) is 17.8 Å². The van der Waals surface area contributed by atoms with Crippen molar-refractivity contribution in [1.29, 1.82) is 5.41 Å². The molecule has 0 bridgehead atoms. The van der Waals surface area contributed by atoms with E-state index in [0.29, 0.717) is 13.1 Å². The summed E-state index contributed by atoms with van der Waals surface area (Å²) < 4.78 is 5.28. The molecule has 116 valence electrons. The number of rotatable bonds is 1. The lowest BCUT2D eigenvalue weighted by atomic mass is 9.97. The maximum atomic E-state index is 11.8. The third kappa shape index (κ3) is 8.34. The average Bonchev–Trinajstić information content (AvgIpc) is 2.26. The second kappa shape index (κ2) is 7.72. The summed E-state index contributed by atoms with van der Waals surface area (Å²) in [4.78, 5) is 22.4. The Morgan fingerprint density at radius 3 is 2.30 bits per heavy atom. The molecule has 7 heteroatoms. The number of carbonyl (C=O) groups excluding carboxylic acids is 1. The molecule has 20 heavy (non-hydrogen) atoms. The van der Waals surface area contributed by atoms with Crippen LogP contribution in [0.5, 0.6) is 0 Å². The number of carboxylic acids is 1. The van der Waals surface area contributed by atoms with Gasteiger partial charge in [0.2, 0.25) is 0 Å². The molecule has 1 unspecified atom stereocenters. The summed E-state index contributed by atoms with van der Waals surface area (Å²) in [6.45, 7) is 7.81. The molecule has 1 aliphatic heterocycles. The van der Waals surface area contributed by atoms with Crippen molar-refractivity contribution in [2.75, 3.05) is 13.1 Å². The molecule has 1 heterocycles. The minimum atomic E-state index is -0.833. The van der Waals surface area contributed by atoms with Crippen LogP contribution in [0.2, 0.25) is 0 Å². The molecule has 1 saturated heterocycles. The van der Waals surface area contributed by atoms with Crippen LogP contribution in [0.15, 0.2) is 0 Å². The molecule has 1 aliphatic rings. The first-order chi connectivity index (χ1) is 9.03. The molecule has 7 nitrogen and oxygen atoms in total. The smallest absolute Gasteiger partial charge is 0.410 e. The van der Waals surface area contributed by atoms with Gasteiger partial charge in [0, 0.05) is 25.9 Å². The summed E-state index contributed by atoms with van der Waals surface area (Å²) in [6.07, 6.45) is 1.46. The Labute approximate surface area is 119 Å². The van der Waals surface area contributed by atoms with Crippen LogP contribution < -0.4 is 5.73 Å². The quantitative estimate of drug-likeness (QED) is 0.501. The summed E-state index contributed by atoms with van der Waals surface area (Å²) in [5.41, 5.74) is 4.99. The van der Waals surface area contributed by atoms with Gasteiger partial charge in [-0.1, -0.05) is 0 Å². The Morgan fingerprint density at radius 1 is 1.40 bits per heavy atom. The van der Waals surface area contributed by atoms with Gasteiger partial charge in [-0.2, -0.15) is 0 Å². The number of amides is 1. The zero-order valence-electron chi connectivity index (χ0n) is 12.6. The fraction of sp³-hybridized carbons (Fsp3) is 0.769. The highest BCUT2D eigenvalue weighted by molar-refractivity contribution is 5.80. The predicted molar refractivity (Wildman–Crippen MR) is 75.8 cm³/mol. The van der Waals surface area contributed by atoms with E-state index < -0.39 is 11.6 Å². The van der Waals surface area contributed by atoms with Gasteiger partial charge < -0.3 is 20.5 Å². The maximum Gasteiger partial charge on any atom is 0.410 e. The molecule has 0 aromatic carbocycles. The van der Waals surface area contributed by atoms with Crippen LogP contribution in [0.25, 0.3) is 0 Å². The minimum Gasteiger partial charge on any atom is -0.481 e. The van der Waals surface area contributed by atoms with E-state index in [0.717, 1.165) is 19.8 Å². The molecule has 0 aromatic rings. The van der Waals surface area contributed by atoms with Crippen molar-refractivity contribution in [1.82, 2.24) is 4.90 Å². The summed E-state index contributed by atoms with van der Waals surface area (Å²) in [6, 6.07) is 0. The first kappa shape index (κ1) is 18.2. The van der Waals surface area contributed by atoms with Crippen LogP contribution in [-0.4, -0.2) is 46.6 Å². The van der Waals surface area contributed by atoms with Crippen molar-refractivity contribution >= 4 is 17.9 Å². The fourth-order valence-electron chi connectivity index (χ4n) is 1.72. The first-order valence-corrected chi connectivity index (χ1v) is 6.54. The van der Waals surface area contributed by atoms with Gasteiger partial charge >= 0.3 is 6.09 Å². The number of nitrogens with zero attached hydrogens (tertiary/aromatic N) is 1. The lowest BCUT2D eigenvalue weighted by Gasteiger charge is -2.33. The second-order valence-electron chi connectivity index (χ2n) is 5.74. The molecular formula is C13H25N3O4. The topological polar surface area (TPSA) is 117 Å². The first-order valence-electron chi connectivity index (χ1n) is 6.54. The van der Waals surface area contributed by atoms with Gasteiger partial charge in [0.15, 0.2) is 0 Å². The number of piperidine rings is 1. The van der Waals surface area contributed by atoms with Crippen molar-refractivity contribution < 1.29 is 19.4 Å². The molecular weight excluding hydrogens is 262 g/mol. The standard InChI is InChI=1S/C11H21N3O2.C2H4O2/c1-11(2,3)16-10(15)14-6-4-5-8(7-14)9(12)13;1-2(3)4/h8H,4-7H2,1-3H3,(H3,12,13);1H3,(H,3,4). The molecule has 0 aromatic heterocycles. The molecule has 0 spiro atoms. The van der Waals surface area contributed by atoms with Crippen LogP contribution in [0, 0.1) is 11.3 Å². The molecule has 1 rings (SSSR count). The van der Waals surface area contributed by atoms with Crippen LogP contribution in [-0.2, 0) is 9.53 Å². The highest BCUT2D eigenvalue weighted by atomic mass is 16.6. The molecule has 1 fully saturated rings. The molecule has 0 saturated carbocycles. The van der Waals surface area contributed by atoms with Gasteiger partial charge in [-0.15, -0.1) is 0 Å². The van der Waals surface area contributed by atoms with Gasteiger partial charge in [-0.3, -0.25) is 10.2 Å². The Morgan fingerprint density at radius 2 is 1.90 bits per heavy atom.